The van der Waals surface area contributed by atoms with E-state index in [9.17, 15) is 4.79 Å². The number of hydrogen-bond donors (Lipinski definition) is 2. The lowest BCUT2D eigenvalue weighted by Gasteiger charge is -2.30. The van der Waals surface area contributed by atoms with Crippen LogP contribution in [0.4, 0.5) is 0 Å². The van der Waals surface area contributed by atoms with Gasteiger partial charge in [-0.3, -0.25) is 4.79 Å². The molecular formula is C17H26N2O2. The van der Waals surface area contributed by atoms with Crippen molar-refractivity contribution in [1.29, 1.82) is 0 Å². The van der Waals surface area contributed by atoms with Crippen LogP contribution in [0.3, 0.4) is 0 Å². The van der Waals surface area contributed by atoms with Crippen molar-refractivity contribution in [1.82, 2.24) is 5.32 Å². The smallest absolute Gasteiger partial charge is 0.220 e. The number of carbonyl (C=O) groups excluding carboxylic acids is 1. The zero-order chi connectivity index (χ0) is 15.6. The van der Waals surface area contributed by atoms with Gasteiger partial charge in [-0.15, -0.1) is 0 Å². The van der Waals surface area contributed by atoms with Gasteiger partial charge in [-0.25, -0.2) is 0 Å². The lowest BCUT2D eigenvalue weighted by atomic mass is 9.93. The maximum absolute atomic E-state index is 12.1. The molecule has 0 aliphatic carbocycles. The van der Waals surface area contributed by atoms with Crippen molar-refractivity contribution < 1.29 is 9.53 Å². The zero-order valence-electron chi connectivity index (χ0n) is 13.4. The van der Waals surface area contributed by atoms with Gasteiger partial charge in [-0.2, -0.15) is 0 Å². The Morgan fingerprint density at radius 3 is 2.76 bits per heavy atom. The van der Waals surface area contributed by atoms with Crippen molar-refractivity contribution in [3.8, 4) is 5.75 Å². The van der Waals surface area contributed by atoms with Crippen LogP contribution in [0.25, 0.3) is 0 Å². The molecule has 3 N–H and O–H groups in total. The predicted molar refractivity (Wildman–Crippen MR) is 84.2 cm³/mol. The summed E-state index contributed by atoms with van der Waals surface area (Å²) >= 11 is 0. The van der Waals surface area contributed by atoms with E-state index < -0.39 is 0 Å². The Morgan fingerprint density at radius 1 is 1.43 bits per heavy atom. The van der Waals surface area contributed by atoms with Crippen LogP contribution in [0, 0.1) is 12.8 Å². The first-order valence-corrected chi connectivity index (χ1v) is 7.70. The molecule has 0 bridgehead atoms. The molecule has 1 aliphatic heterocycles. The van der Waals surface area contributed by atoms with Gasteiger partial charge in [0, 0.05) is 30.0 Å². The number of carbonyl (C=O) groups is 1. The Kier molecular flexibility index (Phi) is 4.88. The van der Waals surface area contributed by atoms with Crippen LogP contribution in [-0.4, -0.2) is 12.5 Å². The molecule has 116 valence electrons. The fourth-order valence-electron chi connectivity index (χ4n) is 2.80. The van der Waals surface area contributed by atoms with Gasteiger partial charge in [0.1, 0.15) is 5.75 Å². The van der Waals surface area contributed by atoms with E-state index in [1.165, 1.54) is 0 Å². The first kappa shape index (κ1) is 15.8. The molecule has 2 unspecified atom stereocenters. The van der Waals surface area contributed by atoms with E-state index in [0.29, 0.717) is 18.9 Å². The number of rotatable bonds is 4. The number of fused-ring (bicyclic) bond motifs is 1. The van der Waals surface area contributed by atoms with E-state index in [-0.39, 0.29) is 18.0 Å². The van der Waals surface area contributed by atoms with Gasteiger partial charge < -0.3 is 15.8 Å². The molecule has 1 aromatic carbocycles. The molecule has 21 heavy (non-hydrogen) atoms. The molecule has 4 heteroatoms. The van der Waals surface area contributed by atoms with Crippen LogP contribution in [0.5, 0.6) is 5.75 Å². The van der Waals surface area contributed by atoms with E-state index in [2.05, 4.69) is 31.3 Å². The van der Waals surface area contributed by atoms with Gasteiger partial charge >= 0.3 is 0 Å². The molecule has 2 rings (SSSR count). The van der Waals surface area contributed by atoms with Crippen LogP contribution in [0.2, 0.25) is 0 Å². The van der Waals surface area contributed by atoms with Gasteiger partial charge in [0.15, 0.2) is 0 Å². The van der Waals surface area contributed by atoms with Crippen molar-refractivity contribution in [2.24, 2.45) is 11.7 Å². The summed E-state index contributed by atoms with van der Waals surface area (Å²) < 4.78 is 5.83. The predicted octanol–water partition coefficient (Wildman–Crippen LogP) is 3.00. The van der Waals surface area contributed by atoms with Gasteiger partial charge in [-0.1, -0.05) is 31.5 Å². The lowest BCUT2D eigenvalue weighted by Crippen LogP contribution is -2.33. The molecule has 0 fully saturated rings. The molecule has 0 saturated heterocycles. The quantitative estimate of drug-likeness (QED) is 0.896. The second-order valence-electron chi connectivity index (χ2n) is 6.42. The third-order valence-electron chi connectivity index (χ3n) is 3.74. The second kappa shape index (κ2) is 6.48. The Balaban J connectivity index is 2.28. The van der Waals surface area contributed by atoms with Crippen molar-refractivity contribution in [2.45, 2.75) is 52.6 Å². The van der Waals surface area contributed by atoms with Crippen LogP contribution in [0.15, 0.2) is 12.1 Å². The van der Waals surface area contributed by atoms with E-state index in [4.69, 9.17) is 10.5 Å². The SMILES string of the molecule is Cc1cc(C(C)N)c2c(c1)C(NC(=O)CC(C)C)CCO2. The fraction of sp³-hybridized carbons (Fsp3) is 0.588. The summed E-state index contributed by atoms with van der Waals surface area (Å²) in [5.41, 5.74) is 9.28. The van der Waals surface area contributed by atoms with Gasteiger partial charge in [0.05, 0.1) is 12.6 Å². The molecule has 1 amide bonds. The van der Waals surface area contributed by atoms with Gasteiger partial charge in [0.2, 0.25) is 5.91 Å². The van der Waals surface area contributed by atoms with Gasteiger partial charge in [0.25, 0.3) is 0 Å². The zero-order valence-corrected chi connectivity index (χ0v) is 13.4. The number of hydrogen-bond acceptors (Lipinski definition) is 3. The molecule has 0 saturated carbocycles. The Hall–Kier alpha value is -1.55. The van der Waals surface area contributed by atoms with Crippen molar-refractivity contribution >= 4 is 5.91 Å². The number of aryl methyl sites for hydroxylation is 1. The summed E-state index contributed by atoms with van der Waals surface area (Å²) in [5, 5.41) is 3.14. The molecular weight excluding hydrogens is 264 g/mol. The minimum Gasteiger partial charge on any atom is -0.493 e. The molecule has 0 radical (unpaired) electrons. The lowest BCUT2D eigenvalue weighted by molar-refractivity contribution is -0.122. The standard InChI is InChI=1S/C17H26N2O2/c1-10(2)7-16(20)19-15-5-6-21-17-13(12(4)18)8-11(3)9-14(15)17/h8-10,12,15H,5-7,18H2,1-4H3,(H,19,20). The molecule has 1 aliphatic rings. The fourth-order valence-corrected chi connectivity index (χ4v) is 2.80. The Labute approximate surface area is 127 Å². The number of benzene rings is 1. The average Bonchev–Trinajstić information content (AvgIpc) is 2.37. The Bertz CT molecular complexity index is 524. The summed E-state index contributed by atoms with van der Waals surface area (Å²) in [6.45, 7) is 8.72. The first-order valence-electron chi connectivity index (χ1n) is 7.70. The van der Waals surface area contributed by atoms with E-state index in [1.54, 1.807) is 0 Å². The number of ether oxygens (including phenoxy) is 1. The van der Waals surface area contributed by atoms with Crippen LogP contribution in [-0.2, 0) is 4.79 Å². The molecule has 0 spiro atoms. The monoisotopic (exact) mass is 290 g/mol. The molecule has 2 atom stereocenters. The molecule has 1 aromatic rings. The molecule has 1 heterocycles. The van der Waals surface area contributed by atoms with Crippen LogP contribution >= 0.6 is 0 Å². The third-order valence-corrected chi connectivity index (χ3v) is 3.74. The highest BCUT2D eigenvalue weighted by molar-refractivity contribution is 5.77. The van der Waals surface area contributed by atoms with Crippen molar-refractivity contribution in [2.75, 3.05) is 6.61 Å². The topological polar surface area (TPSA) is 64.3 Å². The second-order valence-corrected chi connectivity index (χ2v) is 6.42. The number of nitrogens with two attached hydrogens (primary N) is 1. The summed E-state index contributed by atoms with van der Waals surface area (Å²) in [5.74, 6) is 1.32. The maximum Gasteiger partial charge on any atom is 0.220 e. The van der Waals surface area contributed by atoms with Crippen molar-refractivity contribution in [3.63, 3.8) is 0 Å². The number of amides is 1. The summed E-state index contributed by atoms with van der Waals surface area (Å²) in [6, 6.07) is 4.11. The van der Waals surface area contributed by atoms with Crippen LogP contribution < -0.4 is 15.8 Å². The van der Waals surface area contributed by atoms with E-state index >= 15 is 0 Å². The molecule has 4 nitrogen and oxygen atoms in total. The normalized spacial score (nSPS) is 18.9. The Morgan fingerprint density at radius 2 is 2.14 bits per heavy atom. The minimum absolute atomic E-state index is 0.0254. The van der Waals surface area contributed by atoms with E-state index in [1.807, 2.05) is 13.8 Å². The highest BCUT2D eigenvalue weighted by Crippen LogP contribution is 2.38. The third kappa shape index (κ3) is 3.76. The van der Waals surface area contributed by atoms with Crippen LogP contribution in [0.1, 0.15) is 62.4 Å². The maximum atomic E-state index is 12.1. The highest BCUT2D eigenvalue weighted by Gasteiger charge is 2.26. The minimum atomic E-state index is -0.0798. The van der Waals surface area contributed by atoms with Gasteiger partial charge in [-0.05, 0) is 19.8 Å². The highest BCUT2D eigenvalue weighted by atomic mass is 16.5. The van der Waals surface area contributed by atoms with Crippen molar-refractivity contribution in [3.05, 3.63) is 28.8 Å². The summed E-state index contributed by atoms with van der Waals surface area (Å²) in [4.78, 5) is 12.1. The largest absolute Gasteiger partial charge is 0.493 e. The van der Waals surface area contributed by atoms with E-state index in [0.717, 1.165) is 28.9 Å². The summed E-state index contributed by atoms with van der Waals surface area (Å²) in [6.07, 6.45) is 1.36. The molecule has 0 aromatic heterocycles. The number of nitrogens with one attached hydrogen (secondary N) is 1. The average molecular weight is 290 g/mol. The first-order chi connectivity index (χ1) is 9.88. The summed E-state index contributed by atoms with van der Waals surface area (Å²) in [7, 11) is 0.